The number of likely N-dealkylation sites (tertiary alicyclic amines) is 1. The van der Waals surface area contributed by atoms with E-state index in [2.05, 4.69) is 10.2 Å². The molecule has 98 valence electrons. The van der Waals surface area contributed by atoms with Crippen LogP contribution in [0, 0.1) is 5.41 Å². The molecule has 2 fully saturated rings. The van der Waals surface area contributed by atoms with Crippen LogP contribution >= 0.6 is 0 Å². The van der Waals surface area contributed by atoms with E-state index in [1.54, 1.807) is 0 Å². The molecule has 0 aromatic heterocycles. The Labute approximate surface area is 109 Å². The van der Waals surface area contributed by atoms with Gasteiger partial charge in [0.25, 0.3) is 0 Å². The Balaban J connectivity index is 1.42. The van der Waals surface area contributed by atoms with Crippen molar-refractivity contribution in [1.82, 2.24) is 10.2 Å². The number of nitrogens with zero attached hydrogens (tertiary/aromatic N) is 1. The number of hydrogen-bond donors (Lipinski definition) is 1. The maximum absolute atomic E-state index is 5.76. The second-order valence-electron chi connectivity index (χ2n) is 5.61. The predicted octanol–water partition coefficient (Wildman–Crippen LogP) is 1.75. The van der Waals surface area contributed by atoms with E-state index in [-0.39, 0.29) is 0 Å². The maximum Gasteiger partial charge on any atom is 0.119 e. The molecular weight excluding hydrogens is 224 g/mol. The van der Waals surface area contributed by atoms with Gasteiger partial charge in [0.15, 0.2) is 0 Å². The normalized spacial score (nSPS) is 28.0. The standard InChI is InChI=1S/C15H22N2O/c1-2-4-14(5-3-1)18-11-10-17-9-7-15(13-17)6-8-16-12-15/h1-5,16H,6-13H2. The molecule has 2 aliphatic rings. The Morgan fingerprint density at radius 2 is 2.11 bits per heavy atom. The first-order valence-corrected chi connectivity index (χ1v) is 6.97. The molecule has 2 saturated heterocycles. The van der Waals surface area contributed by atoms with Gasteiger partial charge < -0.3 is 10.1 Å². The minimum absolute atomic E-state index is 0.576. The average molecular weight is 246 g/mol. The van der Waals surface area contributed by atoms with E-state index in [1.165, 1.54) is 39.0 Å². The summed E-state index contributed by atoms with van der Waals surface area (Å²) in [6, 6.07) is 10.1. The van der Waals surface area contributed by atoms with Gasteiger partial charge in [-0.2, -0.15) is 0 Å². The molecule has 1 N–H and O–H groups in total. The van der Waals surface area contributed by atoms with Crippen LogP contribution in [-0.4, -0.2) is 44.2 Å². The van der Waals surface area contributed by atoms with Gasteiger partial charge in [-0.3, -0.25) is 4.90 Å². The molecule has 0 bridgehead atoms. The molecule has 0 amide bonds. The number of nitrogens with one attached hydrogen (secondary N) is 1. The van der Waals surface area contributed by atoms with Crippen LogP contribution < -0.4 is 10.1 Å². The first-order chi connectivity index (χ1) is 8.86. The molecule has 3 heteroatoms. The van der Waals surface area contributed by atoms with Crippen molar-refractivity contribution in [2.75, 3.05) is 39.3 Å². The summed E-state index contributed by atoms with van der Waals surface area (Å²) in [6.45, 7) is 6.75. The van der Waals surface area contributed by atoms with Crippen molar-refractivity contribution in [3.05, 3.63) is 30.3 Å². The smallest absolute Gasteiger partial charge is 0.119 e. The summed E-state index contributed by atoms with van der Waals surface area (Å²) in [5.74, 6) is 0.981. The zero-order chi connectivity index (χ0) is 12.3. The molecule has 1 unspecified atom stereocenters. The van der Waals surface area contributed by atoms with Crippen LogP contribution in [0.3, 0.4) is 0 Å². The summed E-state index contributed by atoms with van der Waals surface area (Å²) in [7, 11) is 0. The van der Waals surface area contributed by atoms with Crippen molar-refractivity contribution in [1.29, 1.82) is 0 Å². The van der Waals surface area contributed by atoms with Gasteiger partial charge in [0.2, 0.25) is 0 Å². The molecule has 1 aromatic carbocycles. The van der Waals surface area contributed by atoms with Crippen molar-refractivity contribution in [3.63, 3.8) is 0 Å². The lowest BCUT2D eigenvalue weighted by Crippen LogP contribution is -2.31. The van der Waals surface area contributed by atoms with Gasteiger partial charge in [-0.15, -0.1) is 0 Å². The van der Waals surface area contributed by atoms with E-state index in [9.17, 15) is 0 Å². The largest absolute Gasteiger partial charge is 0.492 e. The SMILES string of the molecule is c1ccc(OCCN2CCC3(CCNC3)C2)cc1. The van der Waals surface area contributed by atoms with Gasteiger partial charge in [-0.1, -0.05) is 18.2 Å². The lowest BCUT2D eigenvalue weighted by atomic mass is 9.87. The van der Waals surface area contributed by atoms with Crippen LogP contribution in [0.4, 0.5) is 0 Å². The summed E-state index contributed by atoms with van der Waals surface area (Å²) in [5, 5.41) is 3.50. The third kappa shape index (κ3) is 2.68. The second kappa shape index (κ2) is 5.29. The quantitative estimate of drug-likeness (QED) is 0.876. The molecular formula is C15H22N2O. The summed E-state index contributed by atoms with van der Waals surface area (Å²) in [5.41, 5.74) is 0.576. The first-order valence-electron chi connectivity index (χ1n) is 6.97. The monoisotopic (exact) mass is 246 g/mol. The lowest BCUT2D eigenvalue weighted by molar-refractivity contribution is 0.217. The Bertz CT molecular complexity index is 373. The van der Waals surface area contributed by atoms with Gasteiger partial charge in [0, 0.05) is 19.6 Å². The number of para-hydroxylation sites is 1. The predicted molar refractivity (Wildman–Crippen MR) is 72.9 cm³/mol. The van der Waals surface area contributed by atoms with Crippen LogP contribution in [0.25, 0.3) is 0 Å². The topological polar surface area (TPSA) is 24.5 Å². The molecule has 1 aromatic rings. The molecule has 1 spiro atoms. The minimum Gasteiger partial charge on any atom is -0.492 e. The first kappa shape index (κ1) is 12.0. The summed E-state index contributed by atoms with van der Waals surface area (Å²) < 4.78 is 5.76. The van der Waals surface area contributed by atoms with Gasteiger partial charge in [0.1, 0.15) is 12.4 Å². The number of ether oxygens (including phenoxy) is 1. The molecule has 0 radical (unpaired) electrons. The fourth-order valence-electron chi connectivity index (χ4n) is 3.17. The second-order valence-corrected chi connectivity index (χ2v) is 5.61. The molecule has 0 saturated carbocycles. The zero-order valence-electron chi connectivity index (χ0n) is 10.9. The minimum atomic E-state index is 0.576. The molecule has 3 nitrogen and oxygen atoms in total. The highest BCUT2D eigenvalue weighted by Gasteiger charge is 2.39. The number of benzene rings is 1. The third-order valence-corrected chi connectivity index (χ3v) is 4.27. The molecule has 1 atom stereocenters. The number of hydrogen-bond acceptors (Lipinski definition) is 3. The third-order valence-electron chi connectivity index (χ3n) is 4.27. The van der Waals surface area contributed by atoms with Crippen LogP contribution in [0.2, 0.25) is 0 Å². The average Bonchev–Trinajstić information content (AvgIpc) is 3.02. The van der Waals surface area contributed by atoms with E-state index < -0.39 is 0 Å². The highest BCUT2D eigenvalue weighted by atomic mass is 16.5. The van der Waals surface area contributed by atoms with Crippen molar-refractivity contribution in [2.45, 2.75) is 12.8 Å². The van der Waals surface area contributed by atoms with E-state index in [1.807, 2.05) is 30.3 Å². The fourth-order valence-corrected chi connectivity index (χ4v) is 3.17. The molecule has 2 aliphatic heterocycles. The highest BCUT2D eigenvalue weighted by molar-refractivity contribution is 5.20. The van der Waals surface area contributed by atoms with Crippen molar-refractivity contribution < 1.29 is 4.74 Å². The van der Waals surface area contributed by atoms with Gasteiger partial charge in [-0.25, -0.2) is 0 Å². The molecule has 2 heterocycles. The summed E-state index contributed by atoms with van der Waals surface area (Å²) >= 11 is 0. The van der Waals surface area contributed by atoms with Gasteiger partial charge >= 0.3 is 0 Å². The van der Waals surface area contributed by atoms with E-state index in [4.69, 9.17) is 4.74 Å². The van der Waals surface area contributed by atoms with Crippen LogP contribution in [0.5, 0.6) is 5.75 Å². The van der Waals surface area contributed by atoms with E-state index >= 15 is 0 Å². The van der Waals surface area contributed by atoms with Crippen LogP contribution in [0.1, 0.15) is 12.8 Å². The zero-order valence-corrected chi connectivity index (χ0v) is 10.9. The van der Waals surface area contributed by atoms with Crippen LogP contribution in [0.15, 0.2) is 30.3 Å². The molecule has 18 heavy (non-hydrogen) atoms. The molecule has 0 aliphatic carbocycles. The Kier molecular flexibility index (Phi) is 3.52. The van der Waals surface area contributed by atoms with Crippen molar-refractivity contribution in [2.24, 2.45) is 5.41 Å². The Hall–Kier alpha value is -1.06. The summed E-state index contributed by atoms with van der Waals surface area (Å²) in [4.78, 5) is 2.55. The Morgan fingerprint density at radius 3 is 2.89 bits per heavy atom. The Morgan fingerprint density at radius 1 is 1.22 bits per heavy atom. The summed E-state index contributed by atoms with van der Waals surface area (Å²) in [6.07, 6.45) is 2.70. The van der Waals surface area contributed by atoms with E-state index in [0.29, 0.717) is 5.41 Å². The lowest BCUT2D eigenvalue weighted by Gasteiger charge is -2.22. The van der Waals surface area contributed by atoms with Crippen molar-refractivity contribution in [3.8, 4) is 5.75 Å². The van der Waals surface area contributed by atoms with Crippen LogP contribution in [-0.2, 0) is 0 Å². The van der Waals surface area contributed by atoms with Gasteiger partial charge in [0.05, 0.1) is 0 Å². The van der Waals surface area contributed by atoms with E-state index in [0.717, 1.165) is 18.9 Å². The van der Waals surface area contributed by atoms with Gasteiger partial charge in [-0.05, 0) is 43.5 Å². The van der Waals surface area contributed by atoms with Crippen molar-refractivity contribution >= 4 is 0 Å². The fraction of sp³-hybridized carbons (Fsp3) is 0.600. The maximum atomic E-state index is 5.76. The number of rotatable bonds is 4. The molecule has 3 rings (SSSR count). The highest BCUT2D eigenvalue weighted by Crippen LogP contribution is 2.35.